The van der Waals surface area contributed by atoms with Crippen LogP contribution in [0.25, 0.3) is 6.08 Å². The van der Waals surface area contributed by atoms with E-state index in [1.54, 1.807) is 6.92 Å². The highest BCUT2D eigenvalue weighted by molar-refractivity contribution is 8.03. The van der Waals surface area contributed by atoms with Gasteiger partial charge in [0.05, 0.1) is 5.97 Å². The van der Waals surface area contributed by atoms with Crippen molar-refractivity contribution in [2.24, 2.45) is 0 Å². The lowest BCUT2D eigenvalue weighted by Gasteiger charge is -2.20. The zero-order valence-electron chi connectivity index (χ0n) is 13.3. The summed E-state index contributed by atoms with van der Waals surface area (Å²) in [6.45, 7) is 7.67. The van der Waals surface area contributed by atoms with Gasteiger partial charge in [0, 0.05) is 30.6 Å². The van der Waals surface area contributed by atoms with Crippen LogP contribution in [-0.4, -0.2) is 29.3 Å². The Bertz CT molecular complexity index is 691. The maximum atomic E-state index is 11.3. The maximum Gasteiger partial charge on any atom is 0.281 e. The van der Waals surface area contributed by atoms with Crippen LogP contribution in [-0.2, 0) is 4.79 Å². The second-order valence-electron chi connectivity index (χ2n) is 4.75. The Balaban J connectivity index is 2.20. The van der Waals surface area contributed by atoms with E-state index in [4.69, 9.17) is 4.42 Å². The number of nitrogens with zero attached hydrogens (tertiary/aromatic N) is 3. The Labute approximate surface area is 139 Å². The highest BCUT2D eigenvalue weighted by atomic mass is 32.2. The average Bonchev–Trinajstić information content (AvgIpc) is 2.94. The predicted molar refractivity (Wildman–Crippen MR) is 87.9 cm³/mol. The number of carboxylic acid groups (broad SMARTS) is 1. The smallest absolute Gasteiger partial charge is 0.281 e. The van der Waals surface area contributed by atoms with E-state index in [0.29, 0.717) is 5.89 Å². The molecule has 0 aliphatic carbocycles. The first-order valence-electron chi connectivity index (χ1n) is 7.29. The first-order chi connectivity index (χ1) is 11.0. The zero-order valence-corrected chi connectivity index (χ0v) is 14.1. The molecule has 0 aliphatic heterocycles. The number of benzene rings is 1. The maximum absolute atomic E-state index is 11.3. The number of hydrogen-bond acceptors (Lipinski definition) is 7. The van der Waals surface area contributed by atoms with Gasteiger partial charge < -0.3 is 19.2 Å². The lowest BCUT2D eigenvalue weighted by Crippen LogP contribution is -2.23. The molecule has 23 heavy (non-hydrogen) atoms. The van der Waals surface area contributed by atoms with E-state index in [2.05, 4.69) is 28.9 Å². The molecule has 2 aromatic rings. The summed E-state index contributed by atoms with van der Waals surface area (Å²) >= 11 is 0.880. The summed E-state index contributed by atoms with van der Waals surface area (Å²) in [4.78, 5) is 13.5. The number of thioether (sulfide) groups is 1. The first-order valence-corrected chi connectivity index (χ1v) is 8.11. The number of carbonyl (C=O) groups is 1. The molecule has 0 unspecified atom stereocenters. The van der Waals surface area contributed by atoms with Crippen molar-refractivity contribution in [3.05, 3.63) is 40.6 Å². The molecule has 1 aromatic carbocycles. The molecule has 0 spiro atoms. The molecule has 1 heterocycles. The van der Waals surface area contributed by atoms with Gasteiger partial charge in [0.1, 0.15) is 0 Å². The molecular weight excluding hydrogens is 314 g/mol. The molecule has 1 aromatic heterocycles. The number of aliphatic carboxylic acids is 1. The van der Waals surface area contributed by atoms with Gasteiger partial charge in [-0.25, -0.2) is 0 Å². The van der Waals surface area contributed by atoms with Crippen LogP contribution < -0.4 is 10.0 Å². The molecular formula is C16H18N3O3S-. The van der Waals surface area contributed by atoms with Gasteiger partial charge >= 0.3 is 0 Å². The quantitative estimate of drug-likeness (QED) is 0.567. The Morgan fingerprint density at radius 2 is 1.91 bits per heavy atom. The molecule has 0 N–H and O–H groups in total. The molecule has 7 heteroatoms. The van der Waals surface area contributed by atoms with Gasteiger partial charge in [0.15, 0.2) is 0 Å². The lowest BCUT2D eigenvalue weighted by molar-refractivity contribution is -0.298. The number of rotatable bonds is 7. The van der Waals surface area contributed by atoms with Crippen molar-refractivity contribution in [1.29, 1.82) is 0 Å². The van der Waals surface area contributed by atoms with Crippen LogP contribution in [0, 0.1) is 6.92 Å². The number of hydrogen-bond donors (Lipinski definition) is 0. The van der Waals surface area contributed by atoms with Gasteiger partial charge in [0.2, 0.25) is 5.89 Å². The Hall–Kier alpha value is -2.28. The second-order valence-corrected chi connectivity index (χ2v) is 5.74. The molecule has 0 bridgehead atoms. The molecule has 6 nitrogen and oxygen atoms in total. The topological polar surface area (TPSA) is 82.3 Å². The van der Waals surface area contributed by atoms with Crippen molar-refractivity contribution in [3.63, 3.8) is 0 Å². The van der Waals surface area contributed by atoms with Crippen LogP contribution in [0.3, 0.4) is 0 Å². The summed E-state index contributed by atoms with van der Waals surface area (Å²) in [6.07, 6.45) is 1.53. The van der Waals surface area contributed by atoms with Gasteiger partial charge in [-0.05, 0) is 49.4 Å². The molecule has 0 amide bonds. The summed E-state index contributed by atoms with van der Waals surface area (Å²) in [6, 6.07) is 7.67. The zero-order chi connectivity index (χ0) is 16.8. The number of anilines is 1. The molecule has 0 saturated carbocycles. The molecule has 2 rings (SSSR count). The van der Waals surface area contributed by atoms with E-state index in [1.807, 2.05) is 24.3 Å². The number of aryl methyl sites for hydroxylation is 1. The number of aromatic nitrogens is 2. The van der Waals surface area contributed by atoms with Crippen LogP contribution in [0.1, 0.15) is 25.3 Å². The standard InChI is InChI=1S/C16H19N3O3S/c1-4-19(5-2)13-8-6-12(7-9-13)10-14(15(20)21)23-16-18-17-11(3)22-16/h6-10H,4-5H2,1-3H3,(H,20,21)/p-1/b14-10+. The fraction of sp³-hybridized carbons (Fsp3) is 0.312. The summed E-state index contributed by atoms with van der Waals surface area (Å²) in [5.74, 6) is -0.896. The third kappa shape index (κ3) is 4.59. The van der Waals surface area contributed by atoms with E-state index < -0.39 is 5.97 Å². The third-order valence-corrected chi connectivity index (χ3v) is 4.07. The van der Waals surface area contributed by atoms with Crippen LogP contribution in [0.2, 0.25) is 0 Å². The second kappa shape index (κ2) is 7.82. The Kier molecular flexibility index (Phi) is 5.81. The van der Waals surface area contributed by atoms with Crippen LogP contribution in [0.5, 0.6) is 0 Å². The minimum Gasteiger partial charge on any atom is -0.544 e. The molecule has 0 radical (unpaired) electrons. The van der Waals surface area contributed by atoms with E-state index >= 15 is 0 Å². The van der Waals surface area contributed by atoms with Crippen LogP contribution >= 0.6 is 11.8 Å². The average molecular weight is 332 g/mol. The predicted octanol–water partition coefficient (Wildman–Crippen LogP) is 2.11. The summed E-state index contributed by atoms with van der Waals surface area (Å²) in [7, 11) is 0. The fourth-order valence-electron chi connectivity index (χ4n) is 2.07. The minimum absolute atomic E-state index is 0.0178. The summed E-state index contributed by atoms with van der Waals surface area (Å²) in [5.41, 5.74) is 1.87. The van der Waals surface area contributed by atoms with Gasteiger partial charge in [-0.2, -0.15) is 0 Å². The lowest BCUT2D eigenvalue weighted by atomic mass is 10.2. The molecule has 0 fully saturated rings. The largest absolute Gasteiger partial charge is 0.544 e. The van der Waals surface area contributed by atoms with Gasteiger partial charge in [-0.3, -0.25) is 0 Å². The van der Waals surface area contributed by atoms with Crippen LogP contribution in [0.15, 0.2) is 38.8 Å². The number of carboxylic acids is 1. The molecule has 0 aliphatic rings. The van der Waals surface area contributed by atoms with Crippen molar-refractivity contribution in [2.75, 3.05) is 18.0 Å². The minimum atomic E-state index is -1.28. The van der Waals surface area contributed by atoms with E-state index in [0.717, 1.165) is 36.1 Å². The first kappa shape index (κ1) is 17.1. The van der Waals surface area contributed by atoms with Crippen LogP contribution in [0.4, 0.5) is 5.69 Å². The summed E-state index contributed by atoms with van der Waals surface area (Å²) < 4.78 is 5.18. The highest BCUT2D eigenvalue weighted by Gasteiger charge is 2.09. The molecule has 0 saturated heterocycles. The van der Waals surface area contributed by atoms with Gasteiger partial charge in [-0.15, -0.1) is 10.2 Å². The van der Waals surface area contributed by atoms with Crippen molar-refractivity contribution >= 4 is 29.5 Å². The monoisotopic (exact) mass is 332 g/mol. The van der Waals surface area contributed by atoms with Crippen molar-refractivity contribution in [3.8, 4) is 0 Å². The molecule has 0 atom stereocenters. The van der Waals surface area contributed by atoms with Gasteiger partial charge in [-0.1, -0.05) is 12.1 Å². The van der Waals surface area contributed by atoms with Crippen molar-refractivity contribution in [2.45, 2.75) is 26.0 Å². The van der Waals surface area contributed by atoms with Crippen molar-refractivity contribution in [1.82, 2.24) is 10.2 Å². The Morgan fingerprint density at radius 1 is 1.26 bits per heavy atom. The van der Waals surface area contributed by atoms with E-state index in [9.17, 15) is 9.90 Å². The molecule has 122 valence electrons. The van der Waals surface area contributed by atoms with Crippen molar-refractivity contribution < 1.29 is 14.3 Å². The fourth-order valence-corrected chi connectivity index (χ4v) is 2.78. The van der Waals surface area contributed by atoms with E-state index in [-0.39, 0.29) is 10.1 Å². The Morgan fingerprint density at radius 3 is 2.39 bits per heavy atom. The normalized spacial score (nSPS) is 11.5. The SMILES string of the molecule is CCN(CC)c1ccc(/C=C(/Sc2nnc(C)o2)C(=O)[O-])cc1. The number of carbonyl (C=O) groups excluding carboxylic acids is 1. The van der Waals surface area contributed by atoms with E-state index in [1.165, 1.54) is 6.08 Å². The third-order valence-electron chi connectivity index (χ3n) is 3.23. The highest BCUT2D eigenvalue weighted by Crippen LogP contribution is 2.27. The van der Waals surface area contributed by atoms with Gasteiger partial charge in [0.25, 0.3) is 5.22 Å². The summed E-state index contributed by atoms with van der Waals surface area (Å²) in [5, 5.41) is 18.9.